The van der Waals surface area contributed by atoms with E-state index in [2.05, 4.69) is 19.2 Å². The van der Waals surface area contributed by atoms with Crippen molar-refractivity contribution in [1.82, 2.24) is 5.32 Å². The molecule has 1 heterocycles. The second-order valence-electron chi connectivity index (χ2n) is 6.03. The van der Waals surface area contributed by atoms with E-state index in [9.17, 15) is 4.39 Å². The van der Waals surface area contributed by atoms with Crippen LogP contribution in [0.15, 0.2) is 24.3 Å². The summed E-state index contributed by atoms with van der Waals surface area (Å²) in [5.41, 5.74) is 1.13. The highest BCUT2D eigenvalue weighted by molar-refractivity contribution is 5.20. The summed E-state index contributed by atoms with van der Waals surface area (Å²) in [6.45, 7) is 6.10. The smallest absolute Gasteiger partial charge is 0.123 e. The van der Waals surface area contributed by atoms with Crippen molar-refractivity contribution in [3.05, 3.63) is 35.6 Å². The molecule has 2 atom stereocenters. The minimum atomic E-state index is -0.172. The largest absolute Gasteiger partial charge is 0.374 e. The maximum Gasteiger partial charge on any atom is 0.123 e. The Kier molecular flexibility index (Phi) is 5.55. The molecule has 2 rings (SSSR count). The van der Waals surface area contributed by atoms with Gasteiger partial charge in [0.1, 0.15) is 5.82 Å². The Morgan fingerprint density at radius 3 is 2.70 bits per heavy atom. The van der Waals surface area contributed by atoms with Crippen LogP contribution < -0.4 is 5.32 Å². The fourth-order valence-electron chi connectivity index (χ4n) is 2.81. The molecular formula is C17H26FNO. The van der Waals surface area contributed by atoms with Gasteiger partial charge in [-0.2, -0.15) is 0 Å². The average molecular weight is 279 g/mol. The number of rotatable bonds is 7. The molecule has 20 heavy (non-hydrogen) atoms. The highest BCUT2D eigenvalue weighted by atomic mass is 19.1. The first kappa shape index (κ1) is 15.5. The molecule has 0 bridgehead atoms. The summed E-state index contributed by atoms with van der Waals surface area (Å²) >= 11 is 0. The van der Waals surface area contributed by atoms with Crippen LogP contribution in [-0.2, 0) is 4.74 Å². The van der Waals surface area contributed by atoms with Crippen LogP contribution in [0.3, 0.4) is 0 Å². The number of benzene rings is 1. The average Bonchev–Trinajstić information content (AvgIpc) is 2.88. The maximum atomic E-state index is 13.1. The minimum Gasteiger partial charge on any atom is -0.374 e. The van der Waals surface area contributed by atoms with Crippen LogP contribution >= 0.6 is 0 Å². The second-order valence-corrected chi connectivity index (χ2v) is 6.03. The fourth-order valence-corrected chi connectivity index (χ4v) is 2.81. The van der Waals surface area contributed by atoms with E-state index in [1.807, 2.05) is 12.1 Å². The van der Waals surface area contributed by atoms with Gasteiger partial charge in [-0.15, -0.1) is 0 Å². The number of halogens is 1. The summed E-state index contributed by atoms with van der Waals surface area (Å²) < 4.78 is 18.9. The van der Waals surface area contributed by atoms with Gasteiger partial charge < -0.3 is 10.1 Å². The first-order valence-corrected chi connectivity index (χ1v) is 7.76. The predicted octanol–water partition coefficient (Wildman–Crippen LogP) is 4.22. The van der Waals surface area contributed by atoms with Gasteiger partial charge in [-0.25, -0.2) is 4.39 Å². The normalized spacial score (nSPS) is 23.9. The van der Waals surface area contributed by atoms with Gasteiger partial charge >= 0.3 is 0 Å². The molecule has 1 saturated heterocycles. The van der Waals surface area contributed by atoms with Crippen molar-refractivity contribution in [2.75, 3.05) is 13.2 Å². The second kappa shape index (κ2) is 7.19. The van der Waals surface area contributed by atoms with E-state index in [4.69, 9.17) is 4.74 Å². The zero-order chi connectivity index (χ0) is 14.4. The standard InChI is InChI=1S/C17H26FNO/c1-3-4-6-16(14-7-9-15(18)10-8-14)19-13-17(2)11-5-12-20-17/h7-10,16,19H,3-6,11-13H2,1-2H3. The van der Waals surface area contributed by atoms with Crippen molar-refractivity contribution in [1.29, 1.82) is 0 Å². The van der Waals surface area contributed by atoms with Gasteiger partial charge in [-0.05, 0) is 43.9 Å². The molecular weight excluding hydrogens is 253 g/mol. The molecule has 1 aliphatic heterocycles. The Bertz CT molecular complexity index is 398. The lowest BCUT2D eigenvalue weighted by Crippen LogP contribution is -2.39. The summed E-state index contributed by atoms with van der Waals surface area (Å²) in [6, 6.07) is 7.16. The van der Waals surface area contributed by atoms with Crippen LogP contribution in [-0.4, -0.2) is 18.8 Å². The van der Waals surface area contributed by atoms with Gasteiger partial charge in [0.25, 0.3) is 0 Å². The number of hydrogen-bond donors (Lipinski definition) is 1. The van der Waals surface area contributed by atoms with Gasteiger partial charge in [-0.3, -0.25) is 0 Å². The van der Waals surface area contributed by atoms with Gasteiger partial charge in [0, 0.05) is 19.2 Å². The number of hydrogen-bond acceptors (Lipinski definition) is 2. The first-order chi connectivity index (χ1) is 9.63. The van der Waals surface area contributed by atoms with E-state index >= 15 is 0 Å². The number of nitrogens with one attached hydrogen (secondary N) is 1. The van der Waals surface area contributed by atoms with Gasteiger partial charge in [-0.1, -0.05) is 31.9 Å². The molecule has 0 radical (unpaired) electrons. The van der Waals surface area contributed by atoms with E-state index < -0.39 is 0 Å². The molecule has 0 aliphatic carbocycles. The molecule has 0 spiro atoms. The third kappa shape index (κ3) is 4.29. The molecule has 3 heteroatoms. The summed E-state index contributed by atoms with van der Waals surface area (Å²) in [4.78, 5) is 0. The lowest BCUT2D eigenvalue weighted by atomic mass is 9.98. The quantitative estimate of drug-likeness (QED) is 0.807. The topological polar surface area (TPSA) is 21.3 Å². The number of unbranched alkanes of at least 4 members (excludes halogenated alkanes) is 1. The molecule has 1 aliphatic rings. The summed E-state index contributed by atoms with van der Waals surface area (Å²) in [7, 11) is 0. The van der Waals surface area contributed by atoms with Crippen LogP contribution in [0.1, 0.15) is 57.6 Å². The van der Waals surface area contributed by atoms with E-state index in [-0.39, 0.29) is 17.5 Å². The summed E-state index contributed by atoms with van der Waals surface area (Å²) in [5, 5.41) is 3.63. The highest BCUT2D eigenvalue weighted by Gasteiger charge is 2.30. The van der Waals surface area contributed by atoms with Crippen LogP contribution in [0.2, 0.25) is 0 Å². The van der Waals surface area contributed by atoms with Gasteiger partial charge in [0.05, 0.1) is 5.60 Å². The van der Waals surface area contributed by atoms with E-state index in [0.717, 1.165) is 32.4 Å². The third-order valence-corrected chi connectivity index (χ3v) is 4.14. The molecule has 2 unspecified atom stereocenters. The van der Waals surface area contributed by atoms with Crippen LogP contribution in [0.4, 0.5) is 4.39 Å². The van der Waals surface area contributed by atoms with Gasteiger partial charge in [0.2, 0.25) is 0 Å². The summed E-state index contributed by atoms with van der Waals surface area (Å²) in [5.74, 6) is -0.172. The Morgan fingerprint density at radius 1 is 1.35 bits per heavy atom. The molecule has 1 aromatic rings. The highest BCUT2D eigenvalue weighted by Crippen LogP contribution is 2.26. The molecule has 112 valence electrons. The van der Waals surface area contributed by atoms with E-state index in [1.54, 1.807) is 12.1 Å². The Labute approximate surface area is 121 Å². The van der Waals surface area contributed by atoms with Crippen LogP contribution in [0, 0.1) is 5.82 Å². The Balaban J connectivity index is 1.97. The minimum absolute atomic E-state index is 0.0372. The Morgan fingerprint density at radius 2 is 2.10 bits per heavy atom. The summed E-state index contributed by atoms with van der Waals surface area (Å²) in [6.07, 6.45) is 5.69. The van der Waals surface area contributed by atoms with Crippen molar-refractivity contribution in [2.45, 2.75) is 57.6 Å². The van der Waals surface area contributed by atoms with Crippen molar-refractivity contribution in [3.8, 4) is 0 Å². The van der Waals surface area contributed by atoms with Crippen molar-refractivity contribution in [3.63, 3.8) is 0 Å². The molecule has 0 saturated carbocycles. The molecule has 0 amide bonds. The Hall–Kier alpha value is -0.930. The molecule has 0 aromatic heterocycles. The zero-order valence-corrected chi connectivity index (χ0v) is 12.6. The SMILES string of the molecule is CCCCC(NCC1(C)CCCO1)c1ccc(F)cc1. The van der Waals surface area contributed by atoms with E-state index in [0.29, 0.717) is 0 Å². The molecule has 1 fully saturated rings. The monoisotopic (exact) mass is 279 g/mol. The van der Waals surface area contributed by atoms with Crippen LogP contribution in [0.5, 0.6) is 0 Å². The maximum absolute atomic E-state index is 13.1. The molecule has 1 N–H and O–H groups in total. The van der Waals surface area contributed by atoms with Crippen molar-refractivity contribution >= 4 is 0 Å². The number of ether oxygens (including phenoxy) is 1. The third-order valence-electron chi connectivity index (χ3n) is 4.14. The van der Waals surface area contributed by atoms with E-state index in [1.165, 1.54) is 18.4 Å². The molecule has 2 nitrogen and oxygen atoms in total. The lowest BCUT2D eigenvalue weighted by Gasteiger charge is -2.28. The van der Waals surface area contributed by atoms with Crippen molar-refractivity contribution < 1.29 is 9.13 Å². The zero-order valence-electron chi connectivity index (χ0n) is 12.6. The van der Waals surface area contributed by atoms with Gasteiger partial charge in [0.15, 0.2) is 0 Å². The van der Waals surface area contributed by atoms with Crippen molar-refractivity contribution in [2.24, 2.45) is 0 Å². The lowest BCUT2D eigenvalue weighted by molar-refractivity contribution is 0.0184. The van der Waals surface area contributed by atoms with Crippen LogP contribution in [0.25, 0.3) is 0 Å². The molecule has 1 aromatic carbocycles. The first-order valence-electron chi connectivity index (χ1n) is 7.76. The predicted molar refractivity (Wildman–Crippen MR) is 80.3 cm³/mol. The fraction of sp³-hybridized carbons (Fsp3) is 0.647.